The van der Waals surface area contributed by atoms with Crippen molar-refractivity contribution in [2.75, 3.05) is 0 Å². The van der Waals surface area contributed by atoms with E-state index in [1.807, 2.05) is 6.92 Å². The Morgan fingerprint density at radius 2 is 2.20 bits per heavy atom. The van der Waals surface area contributed by atoms with Gasteiger partial charge in [0.05, 0.1) is 0 Å². The van der Waals surface area contributed by atoms with Gasteiger partial charge in [-0.3, -0.25) is 4.79 Å². The molecule has 2 aliphatic carbocycles. The first-order valence-corrected chi connectivity index (χ1v) is 5.83. The number of ketones is 1. The van der Waals surface area contributed by atoms with Gasteiger partial charge in [-0.15, -0.1) is 0 Å². The molecule has 0 bridgehead atoms. The predicted octanol–water partition coefficient (Wildman–Crippen LogP) is 3.51. The topological polar surface area (TPSA) is 17.1 Å². The van der Waals surface area contributed by atoms with Crippen LogP contribution >= 0.6 is 0 Å². The van der Waals surface area contributed by atoms with Crippen LogP contribution in [0.15, 0.2) is 24.3 Å². The van der Waals surface area contributed by atoms with Crippen molar-refractivity contribution in [3.05, 3.63) is 24.3 Å². The fourth-order valence-corrected chi connectivity index (χ4v) is 3.20. The minimum atomic E-state index is -0.202. The van der Waals surface area contributed by atoms with Crippen LogP contribution in [-0.2, 0) is 4.79 Å². The van der Waals surface area contributed by atoms with Crippen LogP contribution < -0.4 is 0 Å². The molecule has 1 nitrogen and oxygen atoms in total. The van der Waals surface area contributed by atoms with Crippen LogP contribution in [0.1, 0.15) is 39.5 Å². The second kappa shape index (κ2) is 3.33. The monoisotopic (exact) mass is 204 g/mol. The van der Waals surface area contributed by atoms with Crippen LogP contribution in [0.4, 0.5) is 0 Å². The summed E-state index contributed by atoms with van der Waals surface area (Å²) in [5.41, 5.74) is 2.13. The molecule has 2 saturated carbocycles. The number of Topliss-reactive ketones (excluding diaryl/α,β-unsaturated/α-hetero) is 1. The van der Waals surface area contributed by atoms with E-state index in [9.17, 15) is 4.79 Å². The Morgan fingerprint density at radius 3 is 2.80 bits per heavy atom. The average Bonchev–Trinajstić information content (AvgIpc) is 2.46. The molecule has 0 N–H and O–H groups in total. The molecule has 2 fully saturated rings. The Balaban J connectivity index is 2.28. The molecule has 1 heteroatoms. The molecule has 15 heavy (non-hydrogen) atoms. The highest BCUT2D eigenvalue weighted by atomic mass is 16.1. The summed E-state index contributed by atoms with van der Waals surface area (Å²) in [5.74, 6) is 1.34. The summed E-state index contributed by atoms with van der Waals surface area (Å²) in [4.78, 5) is 12.2. The van der Waals surface area contributed by atoms with E-state index in [0.29, 0.717) is 24.0 Å². The van der Waals surface area contributed by atoms with Gasteiger partial charge in [0.25, 0.3) is 0 Å². The van der Waals surface area contributed by atoms with Gasteiger partial charge in [-0.05, 0) is 44.9 Å². The van der Waals surface area contributed by atoms with E-state index in [1.165, 1.54) is 5.57 Å². The minimum absolute atomic E-state index is 0.202. The van der Waals surface area contributed by atoms with Crippen molar-refractivity contribution in [1.82, 2.24) is 0 Å². The number of hydrogen-bond donors (Lipinski definition) is 0. The Kier molecular flexibility index (Phi) is 2.37. The molecule has 82 valence electrons. The molecule has 0 saturated heterocycles. The third-order valence-corrected chi connectivity index (χ3v) is 4.62. The molecule has 0 aliphatic heterocycles. The smallest absolute Gasteiger partial charge is 0.143 e. The molecule has 2 rings (SSSR count). The Bertz CT molecular complexity index is 339. The third kappa shape index (κ3) is 1.40. The summed E-state index contributed by atoms with van der Waals surface area (Å²) < 4.78 is 0. The lowest BCUT2D eigenvalue weighted by atomic mass is 9.63. The second-order valence-electron chi connectivity index (χ2n) is 5.45. The molecule has 0 amide bonds. The number of rotatable bonds is 1. The molecule has 0 radical (unpaired) electrons. The number of fused-ring (bicyclic) bond motifs is 1. The van der Waals surface area contributed by atoms with Crippen LogP contribution in [-0.4, -0.2) is 5.78 Å². The maximum atomic E-state index is 12.2. The molecule has 3 atom stereocenters. The van der Waals surface area contributed by atoms with Gasteiger partial charge in [-0.25, -0.2) is 0 Å². The van der Waals surface area contributed by atoms with Crippen molar-refractivity contribution in [2.24, 2.45) is 17.3 Å². The van der Waals surface area contributed by atoms with E-state index < -0.39 is 0 Å². The van der Waals surface area contributed by atoms with Crippen LogP contribution in [0, 0.1) is 17.3 Å². The van der Waals surface area contributed by atoms with Crippen LogP contribution in [0.25, 0.3) is 0 Å². The molecule has 0 unspecified atom stereocenters. The first-order valence-electron chi connectivity index (χ1n) is 5.83. The fourth-order valence-electron chi connectivity index (χ4n) is 3.20. The van der Waals surface area contributed by atoms with E-state index in [0.717, 1.165) is 24.8 Å². The summed E-state index contributed by atoms with van der Waals surface area (Å²) in [5, 5.41) is 0. The quantitative estimate of drug-likeness (QED) is 0.597. The van der Waals surface area contributed by atoms with Crippen molar-refractivity contribution in [3.8, 4) is 0 Å². The first kappa shape index (κ1) is 10.7. The van der Waals surface area contributed by atoms with Gasteiger partial charge >= 0.3 is 0 Å². The number of carbonyl (C=O) groups excluding carboxylic acids is 1. The van der Waals surface area contributed by atoms with Gasteiger partial charge in [-0.2, -0.15) is 0 Å². The number of allylic oxidation sites excluding steroid dienone is 2. The van der Waals surface area contributed by atoms with Crippen LogP contribution in [0.5, 0.6) is 0 Å². The van der Waals surface area contributed by atoms with Gasteiger partial charge in [-0.1, -0.05) is 24.3 Å². The van der Waals surface area contributed by atoms with Gasteiger partial charge in [0.15, 0.2) is 0 Å². The molecular weight excluding hydrogens is 184 g/mol. The Labute approximate surface area is 92.3 Å². The van der Waals surface area contributed by atoms with Gasteiger partial charge in [0.1, 0.15) is 5.78 Å². The van der Waals surface area contributed by atoms with E-state index >= 15 is 0 Å². The maximum Gasteiger partial charge on any atom is 0.143 e. The average molecular weight is 204 g/mol. The molecule has 0 aromatic carbocycles. The molecule has 0 heterocycles. The summed E-state index contributed by atoms with van der Waals surface area (Å²) >= 11 is 0. The summed E-state index contributed by atoms with van der Waals surface area (Å²) in [6.45, 7) is 12.2. The molecular formula is C14H20O. The second-order valence-corrected chi connectivity index (χ2v) is 5.45. The highest BCUT2D eigenvalue weighted by molar-refractivity contribution is 5.89. The Morgan fingerprint density at radius 1 is 1.53 bits per heavy atom. The summed E-state index contributed by atoms with van der Waals surface area (Å²) in [7, 11) is 0. The van der Waals surface area contributed by atoms with E-state index in [1.54, 1.807) is 0 Å². The zero-order chi connectivity index (χ0) is 11.2. The van der Waals surface area contributed by atoms with E-state index in [-0.39, 0.29) is 5.41 Å². The molecule has 0 aromatic rings. The van der Waals surface area contributed by atoms with Crippen LogP contribution in [0.3, 0.4) is 0 Å². The molecule has 2 aliphatic rings. The zero-order valence-electron chi connectivity index (χ0n) is 9.81. The normalized spacial score (nSPS) is 40.4. The lowest BCUT2D eigenvalue weighted by Gasteiger charge is -2.39. The van der Waals surface area contributed by atoms with Crippen molar-refractivity contribution in [3.63, 3.8) is 0 Å². The van der Waals surface area contributed by atoms with Crippen molar-refractivity contribution in [2.45, 2.75) is 39.5 Å². The Hall–Kier alpha value is -0.850. The zero-order valence-corrected chi connectivity index (χ0v) is 9.81. The van der Waals surface area contributed by atoms with Gasteiger partial charge < -0.3 is 0 Å². The van der Waals surface area contributed by atoms with Gasteiger partial charge in [0.2, 0.25) is 0 Å². The SMILES string of the molecule is C=C(C)[C@H]1CC(=O)[C@]2(C)C(=C)CC[C@@H]2C1. The highest BCUT2D eigenvalue weighted by Crippen LogP contribution is 2.54. The maximum absolute atomic E-state index is 12.2. The number of carbonyl (C=O) groups is 1. The highest BCUT2D eigenvalue weighted by Gasteiger charge is 2.51. The van der Waals surface area contributed by atoms with E-state index in [2.05, 4.69) is 20.1 Å². The standard InChI is InChI=1S/C14H20O/c1-9(2)11-7-12-6-5-10(3)14(12,4)13(15)8-11/h11-12H,1,3,5-8H2,2,4H3/t11-,12-,14-/m1/s1. The number of hydrogen-bond acceptors (Lipinski definition) is 1. The third-order valence-electron chi connectivity index (χ3n) is 4.62. The first-order chi connectivity index (χ1) is 6.96. The lowest BCUT2D eigenvalue weighted by molar-refractivity contribution is -0.131. The van der Waals surface area contributed by atoms with E-state index in [4.69, 9.17) is 0 Å². The molecule has 0 aromatic heterocycles. The van der Waals surface area contributed by atoms with Crippen LogP contribution in [0.2, 0.25) is 0 Å². The minimum Gasteiger partial charge on any atom is -0.299 e. The summed E-state index contributed by atoms with van der Waals surface area (Å²) in [6.07, 6.45) is 4.00. The largest absolute Gasteiger partial charge is 0.299 e. The van der Waals surface area contributed by atoms with Gasteiger partial charge in [0, 0.05) is 11.8 Å². The summed E-state index contributed by atoms with van der Waals surface area (Å²) in [6, 6.07) is 0. The predicted molar refractivity (Wildman–Crippen MR) is 62.5 cm³/mol. The molecule has 0 spiro atoms. The van der Waals surface area contributed by atoms with Crippen molar-refractivity contribution >= 4 is 5.78 Å². The fraction of sp³-hybridized carbons (Fsp3) is 0.643. The van der Waals surface area contributed by atoms with Crippen molar-refractivity contribution < 1.29 is 4.79 Å². The lowest BCUT2D eigenvalue weighted by Crippen LogP contribution is -2.40. The van der Waals surface area contributed by atoms with Crippen molar-refractivity contribution in [1.29, 1.82) is 0 Å².